The molecule has 0 unspecified atom stereocenters. The van der Waals surface area contributed by atoms with Gasteiger partial charge in [-0.15, -0.1) is 0 Å². The van der Waals surface area contributed by atoms with Crippen molar-refractivity contribution >= 4 is 88.2 Å². The topological polar surface area (TPSA) is 11.4 Å². The van der Waals surface area contributed by atoms with Crippen LogP contribution in [0.2, 0.25) is 0 Å². The van der Waals surface area contributed by atoms with Crippen LogP contribution in [0.25, 0.3) is 70.9 Å². The monoisotopic (exact) mass is 803 g/mol. The van der Waals surface area contributed by atoms with Crippen molar-refractivity contribution < 1.29 is 0 Å². The second kappa shape index (κ2) is 15.3. The molecule has 0 amide bonds. The fraction of sp³-hybridized carbons (Fsp3) is 0. The lowest BCUT2D eigenvalue weighted by molar-refractivity contribution is 1.18. The molecule has 0 aliphatic carbocycles. The molecule has 3 heteroatoms. The number of nitrogens with zero attached hydrogens (tertiary/aromatic N) is 3. The molecule has 11 aromatic carbocycles. The van der Waals surface area contributed by atoms with Gasteiger partial charge in [0, 0.05) is 50.0 Å². The van der Waals surface area contributed by atoms with Crippen molar-refractivity contribution in [1.29, 1.82) is 0 Å². The molecule has 0 saturated carbocycles. The summed E-state index contributed by atoms with van der Waals surface area (Å²) in [5, 5.41) is 9.69. The Labute approximate surface area is 366 Å². The summed E-state index contributed by atoms with van der Waals surface area (Å²) in [5.74, 6) is 0. The summed E-state index contributed by atoms with van der Waals surface area (Å²) in [4.78, 5) is 4.81. The SMILES string of the molecule is c1ccc(N(c2ccc3ccccc3c2)c2ccc(-c3ccc(N(c4ccc5c(c4)c4ccccc4n5-c4ccccc4)c4cccc5ccccc45)cc3)c3ccccc23)cc1. The molecule has 0 N–H and O–H groups in total. The molecule has 12 rings (SSSR count). The number of rotatable bonds is 8. The zero-order valence-electron chi connectivity index (χ0n) is 34.5. The molecule has 0 spiro atoms. The van der Waals surface area contributed by atoms with Gasteiger partial charge < -0.3 is 14.4 Å². The Morgan fingerprint density at radius 2 is 0.810 bits per heavy atom. The van der Waals surface area contributed by atoms with E-state index in [1.807, 2.05) is 0 Å². The Balaban J connectivity index is 0.996. The van der Waals surface area contributed by atoms with E-state index in [0.717, 1.165) is 45.4 Å². The van der Waals surface area contributed by atoms with Gasteiger partial charge in [-0.25, -0.2) is 0 Å². The first-order valence-electron chi connectivity index (χ1n) is 21.6. The summed E-state index contributed by atoms with van der Waals surface area (Å²) in [6, 6.07) is 90.2. The molecule has 0 radical (unpaired) electrons. The van der Waals surface area contributed by atoms with Crippen LogP contribution in [0.4, 0.5) is 34.1 Å². The van der Waals surface area contributed by atoms with Crippen molar-refractivity contribution in [3.63, 3.8) is 0 Å². The number of hydrogen-bond acceptors (Lipinski definition) is 2. The molecular formula is C60H41N3. The quantitative estimate of drug-likeness (QED) is 0.152. The number of anilines is 6. The molecule has 296 valence electrons. The third-order valence-electron chi connectivity index (χ3n) is 12.5. The van der Waals surface area contributed by atoms with Gasteiger partial charge in [-0.05, 0) is 118 Å². The lowest BCUT2D eigenvalue weighted by atomic mass is 9.95. The summed E-state index contributed by atoms with van der Waals surface area (Å²) in [7, 11) is 0. The van der Waals surface area contributed by atoms with Gasteiger partial charge in [0.2, 0.25) is 0 Å². The van der Waals surface area contributed by atoms with Gasteiger partial charge in [0.05, 0.1) is 22.4 Å². The third kappa shape index (κ3) is 6.29. The highest BCUT2D eigenvalue weighted by Crippen LogP contribution is 2.45. The molecule has 0 saturated heterocycles. The average Bonchev–Trinajstić information content (AvgIpc) is 3.69. The second-order valence-corrected chi connectivity index (χ2v) is 16.2. The number of aromatic nitrogens is 1. The molecule has 0 bridgehead atoms. The van der Waals surface area contributed by atoms with Crippen molar-refractivity contribution in [1.82, 2.24) is 4.57 Å². The van der Waals surface area contributed by atoms with E-state index in [2.05, 4.69) is 263 Å². The Hall–Kier alpha value is -8.40. The fourth-order valence-corrected chi connectivity index (χ4v) is 9.63. The minimum absolute atomic E-state index is 1.09. The van der Waals surface area contributed by atoms with Gasteiger partial charge >= 0.3 is 0 Å². The van der Waals surface area contributed by atoms with Gasteiger partial charge in [-0.2, -0.15) is 0 Å². The van der Waals surface area contributed by atoms with E-state index in [-0.39, 0.29) is 0 Å². The molecule has 63 heavy (non-hydrogen) atoms. The summed E-state index contributed by atoms with van der Waals surface area (Å²) < 4.78 is 2.38. The van der Waals surface area contributed by atoms with Crippen molar-refractivity contribution in [3.05, 3.63) is 249 Å². The van der Waals surface area contributed by atoms with E-state index < -0.39 is 0 Å². The van der Waals surface area contributed by atoms with Crippen LogP contribution >= 0.6 is 0 Å². The first-order chi connectivity index (χ1) is 31.3. The molecular weight excluding hydrogens is 763 g/mol. The van der Waals surface area contributed by atoms with E-state index in [0.29, 0.717) is 0 Å². The Morgan fingerprint density at radius 3 is 1.60 bits per heavy atom. The van der Waals surface area contributed by atoms with Crippen LogP contribution in [0.1, 0.15) is 0 Å². The van der Waals surface area contributed by atoms with Crippen molar-refractivity contribution in [2.75, 3.05) is 9.80 Å². The van der Waals surface area contributed by atoms with Crippen molar-refractivity contribution in [3.8, 4) is 16.8 Å². The Morgan fingerprint density at radius 1 is 0.270 bits per heavy atom. The highest BCUT2D eigenvalue weighted by molar-refractivity contribution is 6.12. The van der Waals surface area contributed by atoms with E-state index in [4.69, 9.17) is 0 Å². The van der Waals surface area contributed by atoms with Gasteiger partial charge in [0.1, 0.15) is 0 Å². The van der Waals surface area contributed by atoms with Crippen LogP contribution in [0.3, 0.4) is 0 Å². The van der Waals surface area contributed by atoms with Crippen LogP contribution in [0, 0.1) is 0 Å². The number of fused-ring (bicyclic) bond motifs is 6. The summed E-state index contributed by atoms with van der Waals surface area (Å²) in [5.41, 5.74) is 12.6. The second-order valence-electron chi connectivity index (χ2n) is 16.2. The maximum atomic E-state index is 2.42. The van der Waals surface area contributed by atoms with Gasteiger partial charge in [0.25, 0.3) is 0 Å². The molecule has 1 heterocycles. The fourth-order valence-electron chi connectivity index (χ4n) is 9.63. The largest absolute Gasteiger partial charge is 0.310 e. The van der Waals surface area contributed by atoms with Crippen LogP contribution < -0.4 is 9.80 Å². The van der Waals surface area contributed by atoms with E-state index in [1.54, 1.807) is 0 Å². The number of benzene rings is 11. The predicted molar refractivity (Wildman–Crippen MR) is 268 cm³/mol. The smallest absolute Gasteiger partial charge is 0.0542 e. The van der Waals surface area contributed by atoms with Gasteiger partial charge in [-0.3, -0.25) is 0 Å². The minimum Gasteiger partial charge on any atom is -0.310 e. The third-order valence-corrected chi connectivity index (χ3v) is 12.5. The highest BCUT2D eigenvalue weighted by Gasteiger charge is 2.21. The predicted octanol–water partition coefficient (Wildman–Crippen LogP) is 16.8. The summed E-state index contributed by atoms with van der Waals surface area (Å²) in [6.45, 7) is 0. The van der Waals surface area contributed by atoms with Crippen LogP contribution in [0.5, 0.6) is 0 Å². The van der Waals surface area contributed by atoms with Crippen LogP contribution in [-0.4, -0.2) is 4.57 Å². The van der Waals surface area contributed by atoms with Crippen molar-refractivity contribution in [2.24, 2.45) is 0 Å². The lowest BCUT2D eigenvalue weighted by Gasteiger charge is -2.28. The van der Waals surface area contributed by atoms with Crippen molar-refractivity contribution in [2.45, 2.75) is 0 Å². The molecule has 12 aromatic rings. The highest BCUT2D eigenvalue weighted by atomic mass is 15.1. The maximum Gasteiger partial charge on any atom is 0.0542 e. The Bertz CT molecular complexity index is 3620. The zero-order valence-corrected chi connectivity index (χ0v) is 34.5. The summed E-state index contributed by atoms with van der Waals surface area (Å²) in [6.07, 6.45) is 0. The molecule has 0 aliphatic rings. The Kier molecular flexibility index (Phi) is 8.83. The maximum absolute atomic E-state index is 2.42. The molecule has 3 nitrogen and oxygen atoms in total. The normalized spacial score (nSPS) is 11.5. The first-order valence-corrected chi connectivity index (χ1v) is 21.6. The number of para-hydroxylation sites is 3. The molecule has 0 atom stereocenters. The number of hydrogen-bond donors (Lipinski definition) is 0. The van der Waals surface area contributed by atoms with Gasteiger partial charge in [0.15, 0.2) is 0 Å². The lowest BCUT2D eigenvalue weighted by Crippen LogP contribution is -2.11. The molecule has 0 aliphatic heterocycles. The van der Waals surface area contributed by atoms with E-state index in [1.165, 1.54) is 59.7 Å². The first kappa shape index (κ1) is 36.5. The molecule has 0 fully saturated rings. The van der Waals surface area contributed by atoms with Gasteiger partial charge in [-0.1, -0.05) is 164 Å². The standard InChI is InChI=1S/C60H41N3/c1-3-20-46(21-4-1)61(49-35-30-42-16-7-8-18-45(42)40-49)59-39-37-51(53-25-11-12-26-54(53)59)44-31-33-48(34-32-44)62(57-29-15-19-43-17-9-10-24-52(43)57)50-36-38-60-56(41-50)55-27-13-14-28-58(55)63(60)47-22-5-2-6-23-47/h1-41H. The zero-order chi connectivity index (χ0) is 41.7. The average molecular weight is 804 g/mol. The van der Waals surface area contributed by atoms with Crippen LogP contribution in [-0.2, 0) is 0 Å². The minimum atomic E-state index is 1.09. The van der Waals surface area contributed by atoms with E-state index >= 15 is 0 Å². The van der Waals surface area contributed by atoms with E-state index in [9.17, 15) is 0 Å². The summed E-state index contributed by atoms with van der Waals surface area (Å²) >= 11 is 0. The molecule has 1 aromatic heterocycles. The van der Waals surface area contributed by atoms with Crippen LogP contribution in [0.15, 0.2) is 249 Å².